The number of aliphatic hydroxyl groups is 1. The molecule has 0 saturated carbocycles. The van der Waals surface area contributed by atoms with Gasteiger partial charge in [0.15, 0.2) is 5.88 Å². The van der Waals surface area contributed by atoms with E-state index in [4.69, 9.17) is 0 Å². The number of carbonyl (C=O) groups is 1. The number of H-pyrrole nitrogens is 1. The van der Waals surface area contributed by atoms with Crippen molar-refractivity contribution in [1.82, 2.24) is 9.88 Å². The Labute approximate surface area is 104 Å². The van der Waals surface area contributed by atoms with Gasteiger partial charge in [-0.2, -0.15) is 0 Å². The molecule has 1 saturated heterocycles. The number of pyridine rings is 1. The molecule has 0 unspecified atom stereocenters. The number of β-amino-alcohol motifs (C(OH)–C–C–N with tert-alkyl or cyclic N) is 1. The lowest BCUT2D eigenvalue weighted by atomic mass is 9.82. The summed E-state index contributed by atoms with van der Waals surface area (Å²) in [6, 6.07) is 2.34. The van der Waals surface area contributed by atoms with E-state index >= 15 is 0 Å². The Morgan fingerprint density at radius 1 is 1.44 bits per heavy atom. The summed E-state index contributed by atoms with van der Waals surface area (Å²) in [7, 11) is 0. The Balaban J connectivity index is 2.13. The number of nitrogens with zero attached hydrogens (tertiary/aromatic N) is 1. The van der Waals surface area contributed by atoms with Gasteiger partial charge in [-0.25, -0.2) is 0 Å². The van der Waals surface area contributed by atoms with E-state index in [-0.39, 0.29) is 36.4 Å². The molecule has 0 bridgehead atoms. The van der Waals surface area contributed by atoms with Crippen LogP contribution in [0.2, 0.25) is 0 Å². The van der Waals surface area contributed by atoms with E-state index in [1.54, 1.807) is 0 Å². The molecular formula is C12H16N2O4. The van der Waals surface area contributed by atoms with Crippen LogP contribution in [0.3, 0.4) is 0 Å². The van der Waals surface area contributed by atoms with Gasteiger partial charge in [0, 0.05) is 12.1 Å². The van der Waals surface area contributed by atoms with E-state index in [0.717, 1.165) is 6.07 Å². The molecule has 0 radical (unpaired) electrons. The zero-order chi connectivity index (χ0) is 13.5. The predicted molar refractivity (Wildman–Crippen MR) is 64.4 cm³/mol. The van der Waals surface area contributed by atoms with Gasteiger partial charge in [0.2, 0.25) is 0 Å². The SMILES string of the molecule is CC(C)C1(O)CN(C(=O)c2cc(O)[nH]c(=O)c2)C1. The second-order valence-corrected chi connectivity index (χ2v) is 5.04. The molecule has 1 aromatic rings. The van der Waals surface area contributed by atoms with Gasteiger partial charge < -0.3 is 15.1 Å². The van der Waals surface area contributed by atoms with Crippen molar-refractivity contribution < 1.29 is 15.0 Å². The van der Waals surface area contributed by atoms with Crippen LogP contribution in [0.4, 0.5) is 0 Å². The van der Waals surface area contributed by atoms with Crippen molar-refractivity contribution in [1.29, 1.82) is 0 Å². The van der Waals surface area contributed by atoms with Crippen LogP contribution in [-0.2, 0) is 0 Å². The molecule has 1 aromatic heterocycles. The van der Waals surface area contributed by atoms with Crippen LogP contribution in [0.5, 0.6) is 5.88 Å². The summed E-state index contributed by atoms with van der Waals surface area (Å²) in [4.78, 5) is 26.7. The molecule has 2 heterocycles. The molecule has 0 aliphatic carbocycles. The van der Waals surface area contributed by atoms with E-state index in [1.165, 1.54) is 11.0 Å². The standard InChI is InChI=1S/C12H16N2O4/c1-7(2)12(18)5-14(6-12)11(17)8-3-9(15)13-10(16)4-8/h3-4,7,18H,5-6H2,1-2H3,(H2,13,15,16). The molecule has 0 aromatic carbocycles. The molecule has 0 spiro atoms. The van der Waals surface area contributed by atoms with E-state index in [9.17, 15) is 19.8 Å². The fourth-order valence-electron chi connectivity index (χ4n) is 1.96. The normalized spacial score (nSPS) is 17.7. The molecular weight excluding hydrogens is 236 g/mol. The lowest BCUT2D eigenvalue weighted by Crippen LogP contribution is -2.66. The smallest absolute Gasteiger partial charge is 0.254 e. The molecule has 18 heavy (non-hydrogen) atoms. The number of hydrogen-bond donors (Lipinski definition) is 3. The van der Waals surface area contributed by atoms with E-state index in [0.29, 0.717) is 0 Å². The third-order valence-corrected chi connectivity index (χ3v) is 3.37. The fraction of sp³-hybridized carbons (Fsp3) is 0.500. The Morgan fingerprint density at radius 2 is 2.06 bits per heavy atom. The van der Waals surface area contributed by atoms with Gasteiger partial charge in [0.05, 0.1) is 18.7 Å². The summed E-state index contributed by atoms with van der Waals surface area (Å²) in [5.74, 6) is -0.638. The number of likely N-dealkylation sites (tertiary alicyclic amines) is 1. The van der Waals surface area contributed by atoms with Crippen LogP contribution in [0, 0.1) is 5.92 Å². The molecule has 6 nitrogen and oxygen atoms in total. The van der Waals surface area contributed by atoms with Gasteiger partial charge in [-0.05, 0) is 5.92 Å². The molecule has 1 fully saturated rings. The van der Waals surface area contributed by atoms with Gasteiger partial charge in [-0.1, -0.05) is 13.8 Å². The first kappa shape index (κ1) is 12.6. The van der Waals surface area contributed by atoms with Crippen molar-refractivity contribution in [3.63, 3.8) is 0 Å². The van der Waals surface area contributed by atoms with Gasteiger partial charge in [-0.3, -0.25) is 14.6 Å². The number of carbonyl (C=O) groups excluding carboxylic acids is 1. The van der Waals surface area contributed by atoms with Crippen molar-refractivity contribution in [3.8, 4) is 5.88 Å². The zero-order valence-electron chi connectivity index (χ0n) is 10.3. The zero-order valence-corrected chi connectivity index (χ0v) is 10.3. The molecule has 2 rings (SSSR count). The van der Waals surface area contributed by atoms with Crippen LogP contribution < -0.4 is 5.56 Å². The number of amides is 1. The third kappa shape index (κ3) is 2.11. The number of rotatable bonds is 2. The highest BCUT2D eigenvalue weighted by Crippen LogP contribution is 2.29. The summed E-state index contributed by atoms with van der Waals surface area (Å²) < 4.78 is 0. The van der Waals surface area contributed by atoms with Gasteiger partial charge in [-0.15, -0.1) is 0 Å². The van der Waals surface area contributed by atoms with Crippen LogP contribution >= 0.6 is 0 Å². The largest absolute Gasteiger partial charge is 0.494 e. The Hall–Kier alpha value is -1.82. The molecule has 6 heteroatoms. The number of aromatic nitrogens is 1. The van der Waals surface area contributed by atoms with Gasteiger partial charge >= 0.3 is 0 Å². The van der Waals surface area contributed by atoms with Crippen LogP contribution in [-0.4, -0.2) is 44.7 Å². The molecule has 1 aliphatic rings. The van der Waals surface area contributed by atoms with Crippen LogP contribution in [0.15, 0.2) is 16.9 Å². The summed E-state index contributed by atoms with van der Waals surface area (Å²) in [5, 5.41) is 19.3. The minimum absolute atomic E-state index is 0.0640. The first-order chi connectivity index (χ1) is 8.32. The highest BCUT2D eigenvalue weighted by Gasteiger charge is 2.45. The summed E-state index contributed by atoms with van der Waals surface area (Å²) in [6.45, 7) is 4.27. The lowest BCUT2D eigenvalue weighted by Gasteiger charge is -2.49. The minimum Gasteiger partial charge on any atom is -0.494 e. The topological polar surface area (TPSA) is 93.6 Å². The predicted octanol–water partition coefficient (Wildman–Crippen LogP) is -0.0766. The van der Waals surface area contributed by atoms with E-state index in [1.807, 2.05) is 13.8 Å². The maximum Gasteiger partial charge on any atom is 0.254 e. The van der Waals surface area contributed by atoms with Crippen molar-refractivity contribution in [3.05, 3.63) is 28.0 Å². The van der Waals surface area contributed by atoms with Crippen molar-refractivity contribution in [2.24, 2.45) is 5.92 Å². The van der Waals surface area contributed by atoms with E-state index in [2.05, 4.69) is 4.98 Å². The maximum absolute atomic E-state index is 12.0. The molecule has 1 aliphatic heterocycles. The average Bonchev–Trinajstić information content (AvgIpc) is 2.22. The average molecular weight is 252 g/mol. The quantitative estimate of drug-likeness (QED) is 0.686. The molecule has 0 atom stereocenters. The lowest BCUT2D eigenvalue weighted by molar-refractivity contribution is -0.110. The van der Waals surface area contributed by atoms with Gasteiger partial charge in [0.1, 0.15) is 5.60 Å². The van der Waals surface area contributed by atoms with Crippen molar-refractivity contribution in [2.75, 3.05) is 13.1 Å². The van der Waals surface area contributed by atoms with Gasteiger partial charge in [0.25, 0.3) is 11.5 Å². The first-order valence-corrected chi connectivity index (χ1v) is 5.77. The Kier molecular flexibility index (Phi) is 2.90. The maximum atomic E-state index is 12.0. The Morgan fingerprint density at radius 3 is 2.56 bits per heavy atom. The number of aromatic amines is 1. The highest BCUT2D eigenvalue weighted by atomic mass is 16.3. The number of hydrogen-bond acceptors (Lipinski definition) is 4. The first-order valence-electron chi connectivity index (χ1n) is 5.77. The second kappa shape index (κ2) is 4.13. The molecule has 3 N–H and O–H groups in total. The fourth-order valence-corrected chi connectivity index (χ4v) is 1.96. The third-order valence-electron chi connectivity index (χ3n) is 3.37. The van der Waals surface area contributed by atoms with Crippen LogP contribution in [0.1, 0.15) is 24.2 Å². The van der Waals surface area contributed by atoms with Crippen molar-refractivity contribution in [2.45, 2.75) is 19.4 Å². The number of nitrogens with one attached hydrogen (secondary N) is 1. The summed E-state index contributed by atoms with van der Waals surface area (Å²) in [5.41, 5.74) is -1.25. The van der Waals surface area contributed by atoms with E-state index < -0.39 is 11.2 Å². The summed E-state index contributed by atoms with van der Waals surface area (Å²) >= 11 is 0. The monoisotopic (exact) mass is 252 g/mol. The van der Waals surface area contributed by atoms with Crippen LogP contribution in [0.25, 0.3) is 0 Å². The van der Waals surface area contributed by atoms with Crippen molar-refractivity contribution >= 4 is 5.91 Å². The number of aromatic hydroxyl groups is 1. The second-order valence-electron chi connectivity index (χ2n) is 5.04. The molecule has 1 amide bonds. The summed E-state index contributed by atoms with van der Waals surface area (Å²) in [6.07, 6.45) is 0. The molecule has 98 valence electrons. The Bertz CT molecular complexity index is 529. The minimum atomic E-state index is -0.848. The highest BCUT2D eigenvalue weighted by molar-refractivity contribution is 5.95.